The first-order valence-electron chi connectivity index (χ1n) is 8.23. The van der Waals surface area contributed by atoms with E-state index in [4.69, 9.17) is 4.74 Å². The lowest BCUT2D eigenvalue weighted by Crippen LogP contribution is -2.49. The number of aliphatic imine (C=N–C) groups is 1. The Labute approximate surface area is 131 Å². The van der Waals surface area contributed by atoms with E-state index in [2.05, 4.69) is 15.6 Å². The van der Waals surface area contributed by atoms with E-state index >= 15 is 0 Å². The molecule has 2 rings (SSSR count). The first kappa shape index (κ1) is 17.4. The zero-order valence-corrected chi connectivity index (χ0v) is 13.4. The average molecular weight is 318 g/mol. The lowest BCUT2D eigenvalue weighted by atomic mass is 10.1. The van der Waals surface area contributed by atoms with E-state index in [0.29, 0.717) is 25.7 Å². The molecule has 1 saturated carbocycles. The van der Waals surface area contributed by atoms with Gasteiger partial charge in [0, 0.05) is 39.3 Å². The van der Waals surface area contributed by atoms with Crippen molar-refractivity contribution in [2.45, 2.75) is 38.2 Å². The molecule has 1 saturated heterocycles. The number of hydrogen-bond acceptors (Lipinski definition) is 3. The summed E-state index contributed by atoms with van der Waals surface area (Å²) < 4.78 is 30.2. The van der Waals surface area contributed by atoms with Crippen molar-refractivity contribution in [3.05, 3.63) is 0 Å². The van der Waals surface area contributed by atoms with Crippen molar-refractivity contribution >= 4 is 5.96 Å². The Balaban J connectivity index is 1.55. The van der Waals surface area contributed by atoms with Gasteiger partial charge in [-0.15, -0.1) is 0 Å². The Morgan fingerprint density at radius 1 is 1.27 bits per heavy atom. The molecular weight excluding hydrogens is 290 g/mol. The zero-order valence-electron chi connectivity index (χ0n) is 13.4. The summed E-state index contributed by atoms with van der Waals surface area (Å²) in [7, 11) is 1.74. The number of alkyl halides is 2. The summed E-state index contributed by atoms with van der Waals surface area (Å²) in [6.45, 7) is 3.60. The molecule has 128 valence electrons. The average Bonchev–Trinajstić information content (AvgIpc) is 3.31. The van der Waals surface area contributed by atoms with Crippen LogP contribution in [0.4, 0.5) is 8.78 Å². The molecule has 0 amide bonds. The molecule has 0 bridgehead atoms. The SMILES string of the molecule is CN=C(NCCOCC1CC1)NC1CCN(CC(F)F)CC1. The summed E-state index contributed by atoms with van der Waals surface area (Å²) >= 11 is 0. The highest BCUT2D eigenvalue weighted by Crippen LogP contribution is 2.28. The normalized spacial score (nSPS) is 21.4. The second kappa shape index (κ2) is 9.25. The molecule has 22 heavy (non-hydrogen) atoms. The Morgan fingerprint density at radius 3 is 2.59 bits per heavy atom. The highest BCUT2D eigenvalue weighted by atomic mass is 19.3. The molecule has 5 nitrogen and oxygen atoms in total. The van der Waals surface area contributed by atoms with E-state index < -0.39 is 6.43 Å². The molecule has 2 aliphatic rings. The number of halogens is 2. The predicted octanol–water partition coefficient (Wildman–Crippen LogP) is 1.31. The largest absolute Gasteiger partial charge is 0.379 e. The maximum absolute atomic E-state index is 12.3. The van der Waals surface area contributed by atoms with Crippen LogP contribution >= 0.6 is 0 Å². The number of piperidine rings is 1. The van der Waals surface area contributed by atoms with Gasteiger partial charge < -0.3 is 15.4 Å². The second-order valence-corrected chi connectivity index (χ2v) is 6.13. The van der Waals surface area contributed by atoms with E-state index in [9.17, 15) is 8.78 Å². The smallest absolute Gasteiger partial charge is 0.251 e. The first-order chi connectivity index (χ1) is 10.7. The molecule has 1 aliphatic heterocycles. The third-order valence-corrected chi connectivity index (χ3v) is 4.14. The molecular formula is C15H28F2N4O. The highest BCUT2D eigenvalue weighted by molar-refractivity contribution is 5.79. The summed E-state index contributed by atoms with van der Waals surface area (Å²) in [6.07, 6.45) is 2.11. The molecule has 0 aromatic carbocycles. The third-order valence-electron chi connectivity index (χ3n) is 4.14. The van der Waals surface area contributed by atoms with Crippen LogP contribution in [-0.2, 0) is 4.74 Å². The van der Waals surface area contributed by atoms with Crippen LogP contribution in [-0.4, -0.2) is 69.8 Å². The fraction of sp³-hybridized carbons (Fsp3) is 0.933. The molecule has 2 N–H and O–H groups in total. The van der Waals surface area contributed by atoms with Crippen molar-refractivity contribution in [2.24, 2.45) is 10.9 Å². The quantitative estimate of drug-likeness (QED) is 0.402. The molecule has 7 heteroatoms. The highest BCUT2D eigenvalue weighted by Gasteiger charge is 2.22. The van der Waals surface area contributed by atoms with E-state index in [-0.39, 0.29) is 6.54 Å². The van der Waals surface area contributed by atoms with Gasteiger partial charge in [-0.25, -0.2) is 8.78 Å². The van der Waals surface area contributed by atoms with Gasteiger partial charge in [0.05, 0.1) is 13.2 Å². The van der Waals surface area contributed by atoms with Crippen molar-refractivity contribution in [3.63, 3.8) is 0 Å². The molecule has 0 aromatic heterocycles. The van der Waals surface area contributed by atoms with Gasteiger partial charge in [0.1, 0.15) is 0 Å². The fourth-order valence-electron chi connectivity index (χ4n) is 2.62. The van der Waals surface area contributed by atoms with Gasteiger partial charge in [-0.1, -0.05) is 0 Å². The predicted molar refractivity (Wildman–Crippen MR) is 83.5 cm³/mol. The van der Waals surface area contributed by atoms with Crippen LogP contribution in [0.1, 0.15) is 25.7 Å². The second-order valence-electron chi connectivity index (χ2n) is 6.13. The summed E-state index contributed by atoms with van der Waals surface area (Å²) in [5, 5.41) is 6.60. The van der Waals surface area contributed by atoms with Gasteiger partial charge >= 0.3 is 0 Å². The third kappa shape index (κ3) is 6.87. The number of rotatable bonds is 8. The van der Waals surface area contributed by atoms with Crippen LogP contribution < -0.4 is 10.6 Å². The van der Waals surface area contributed by atoms with E-state index in [0.717, 1.165) is 37.9 Å². The minimum Gasteiger partial charge on any atom is -0.379 e. The number of hydrogen-bond donors (Lipinski definition) is 2. The van der Waals surface area contributed by atoms with Crippen molar-refractivity contribution in [3.8, 4) is 0 Å². The molecule has 0 unspecified atom stereocenters. The Kier molecular flexibility index (Phi) is 7.32. The van der Waals surface area contributed by atoms with E-state index in [1.165, 1.54) is 12.8 Å². The molecule has 0 atom stereocenters. The summed E-state index contributed by atoms with van der Waals surface area (Å²) in [5.74, 6) is 1.55. The Hall–Kier alpha value is -0.950. The minimum absolute atomic E-state index is 0.113. The lowest BCUT2D eigenvalue weighted by molar-refractivity contribution is 0.0744. The van der Waals surface area contributed by atoms with E-state index in [1.807, 2.05) is 4.90 Å². The van der Waals surface area contributed by atoms with Crippen molar-refractivity contribution in [1.29, 1.82) is 0 Å². The molecule has 0 spiro atoms. The van der Waals surface area contributed by atoms with Crippen LogP contribution in [0.25, 0.3) is 0 Å². The minimum atomic E-state index is -2.24. The Bertz CT molecular complexity index is 342. The van der Waals surface area contributed by atoms with Crippen molar-refractivity contribution < 1.29 is 13.5 Å². The summed E-state index contributed by atoms with van der Waals surface area (Å²) in [4.78, 5) is 6.02. The van der Waals surface area contributed by atoms with Crippen LogP contribution in [0, 0.1) is 5.92 Å². The lowest BCUT2D eigenvalue weighted by Gasteiger charge is -2.32. The molecule has 0 aromatic rings. The zero-order chi connectivity index (χ0) is 15.8. The van der Waals surface area contributed by atoms with Gasteiger partial charge in [-0.05, 0) is 31.6 Å². The van der Waals surface area contributed by atoms with Gasteiger partial charge in [0.15, 0.2) is 5.96 Å². The molecule has 1 aliphatic carbocycles. The van der Waals surface area contributed by atoms with Gasteiger partial charge in [-0.2, -0.15) is 0 Å². The number of ether oxygens (including phenoxy) is 1. The molecule has 0 radical (unpaired) electrons. The fourth-order valence-corrected chi connectivity index (χ4v) is 2.62. The molecule has 1 heterocycles. The number of nitrogens with one attached hydrogen (secondary N) is 2. The number of nitrogens with zero attached hydrogens (tertiary/aromatic N) is 2. The van der Waals surface area contributed by atoms with Crippen molar-refractivity contribution in [1.82, 2.24) is 15.5 Å². The van der Waals surface area contributed by atoms with Crippen LogP contribution in [0.3, 0.4) is 0 Å². The number of likely N-dealkylation sites (tertiary alicyclic amines) is 1. The maximum atomic E-state index is 12.3. The van der Waals surface area contributed by atoms with Gasteiger partial charge in [0.25, 0.3) is 6.43 Å². The van der Waals surface area contributed by atoms with Crippen LogP contribution in [0.15, 0.2) is 4.99 Å². The monoisotopic (exact) mass is 318 g/mol. The van der Waals surface area contributed by atoms with Gasteiger partial charge in [-0.3, -0.25) is 9.89 Å². The summed E-state index contributed by atoms with van der Waals surface area (Å²) in [6, 6.07) is 0.299. The maximum Gasteiger partial charge on any atom is 0.251 e. The van der Waals surface area contributed by atoms with Crippen LogP contribution in [0.5, 0.6) is 0 Å². The first-order valence-corrected chi connectivity index (χ1v) is 8.23. The molecule has 2 fully saturated rings. The number of guanidine groups is 1. The summed E-state index contributed by atoms with van der Waals surface area (Å²) in [5.41, 5.74) is 0. The topological polar surface area (TPSA) is 48.9 Å². The van der Waals surface area contributed by atoms with Gasteiger partial charge in [0.2, 0.25) is 0 Å². The Morgan fingerprint density at radius 2 is 2.00 bits per heavy atom. The van der Waals surface area contributed by atoms with E-state index in [1.54, 1.807) is 7.05 Å². The van der Waals surface area contributed by atoms with Crippen molar-refractivity contribution in [2.75, 3.05) is 46.4 Å². The van der Waals surface area contributed by atoms with Crippen LogP contribution in [0.2, 0.25) is 0 Å². The standard InChI is InChI=1S/C15H28F2N4O/c1-18-15(19-6-9-22-11-12-2-3-12)20-13-4-7-21(8-5-13)10-14(16)17/h12-14H,2-11H2,1H3,(H2,18,19,20).